The third-order valence-electron chi connectivity index (χ3n) is 2.06. The topological polar surface area (TPSA) is 107 Å². The molecule has 1 aliphatic rings. The average Bonchev–Trinajstić information content (AvgIpc) is 2.15. The maximum atomic E-state index is 10.3. The summed E-state index contributed by atoms with van der Waals surface area (Å²) in [6.45, 7) is -0.519. The van der Waals surface area contributed by atoms with Gasteiger partial charge in [0.15, 0.2) is 6.29 Å². The van der Waals surface area contributed by atoms with E-state index in [2.05, 4.69) is 0 Å². The molecular weight excluding hydrogens is 180 g/mol. The van der Waals surface area contributed by atoms with E-state index >= 15 is 0 Å². The summed E-state index contributed by atoms with van der Waals surface area (Å²) in [5, 5.41) is 36.3. The van der Waals surface area contributed by atoms with Crippen LogP contribution in [0.4, 0.5) is 0 Å². The van der Waals surface area contributed by atoms with Crippen LogP contribution in [0.3, 0.4) is 0 Å². The maximum absolute atomic E-state index is 10.3. The van der Waals surface area contributed by atoms with Gasteiger partial charge in [-0.1, -0.05) is 0 Å². The molecule has 0 aromatic heterocycles. The van der Waals surface area contributed by atoms with Crippen LogP contribution in [0.1, 0.15) is 0 Å². The van der Waals surface area contributed by atoms with Crippen molar-refractivity contribution >= 4 is 6.29 Å². The Morgan fingerprint density at radius 3 is 2.23 bits per heavy atom. The summed E-state index contributed by atoms with van der Waals surface area (Å²) < 4.78 is 4.80. The van der Waals surface area contributed by atoms with Gasteiger partial charge >= 0.3 is 0 Å². The molecule has 5 atom stereocenters. The fraction of sp³-hybridized carbons (Fsp3) is 0.857. The van der Waals surface area contributed by atoms with Gasteiger partial charge in [0, 0.05) is 0 Å². The predicted molar refractivity (Wildman–Crippen MR) is 39.8 cm³/mol. The van der Waals surface area contributed by atoms with Crippen LogP contribution in [-0.2, 0) is 9.53 Å². The van der Waals surface area contributed by atoms with Crippen molar-refractivity contribution in [2.75, 3.05) is 6.61 Å². The van der Waals surface area contributed by atoms with Gasteiger partial charge in [0.1, 0.15) is 30.5 Å². The summed E-state index contributed by atoms with van der Waals surface area (Å²) in [7, 11) is 0. The minimum atomic E-state index is -1.47. The Hall–Kier alpha value is -0.530. The molecule has 0 spiro atoms. The third-order valence-corrected chi connectivity index (χ3v) is 2.06. The molecule has 0 aliphatic carbocycles. The molecule has 0 bridgehead atoms. The number of carbonyl (C=O) groups excluding carboxylic acids is 1. The van der Waals surface area contributed by atoms with Gasteiger partial charge in [0.25, 0.3) is 0 Å². The zero-order chi connectivity index (χ0) is 10.0. The molecule has 0 amide bonds. The molecule has 1 aliphatic heterocycles. The summed E-state index contributed by atoms with van der Waals surface area (Å²) in [6, 6.07) is 0. The highest BCUT2D eigenvalue weighted by molar-refractivity contribution is 5.57. The molecule has 6 nitrogen and oxygen atoms in total. The lowest BCUT2D eigenvalue weighted by atomic mass is 9.96. The van der Waals surface area contributed by atoms with Gasteiger partial charge in [-0.3, -0.25) is 0 Å². The fourth-order valence-corrected chi connectivity index (χ4v) is 1.24. The van der Waals surface area contributed by atoms with Gasteiger partial charge in [-0.2, -0.15) is 0 Å². The highest BCUT2D eigenvalue weighted by Crippen LogP contribution is 2.19. The summed E-state index contributed by atoms with van der Waals surface area (Å²) in [5.41, 5.74) is 0. The van der Waals surface area contributed by atoms with E-state index in [-0.39, 0.29) is 0 Å². The molecule has 6 heteroatoms. The van der Waals surface area contributed by atoms with Crippen LogP contribution < -0.4 is 0 Å². The Balaban J connectivity index is 2.71. The van der Waals surface area contributed by atoms with Gasteiger partial charge in [-0.25, -0.2) is 0 Å². The van der Waals surface area contributed by atoms with E-state index in [1.807, 2.05) is 0 Å². The highest BCUT2D eigenvalue weighted by Gasteiger charge is 2.43. The van der Waals surface area contributed by atoms with E-state index in [1.165, 1.54) is 0 Å². The maximum Gasteiger partial charge on any atom is 0.151 e. The van der Waals surface area contributed by atoms with E-state index in [9.17, 15) is 20.1 Å². The lowest BCUT2D eigenvalue weighted by Crippen LogP contribution is -2.58. The molecule has 1 rings (SSSR count). The number of aliphatic hydroxyl groups is 4. The first-order chi connectivity index (χ1) is 6.11. The number of ether oxygens (including phenoxy) is 1. The van der Waals surface area contributed by atoms with Crippen LogP contribution in [0.5, 0.6) is 0 Å². The first-order valence-electron chi connectivity index (χ1n) is 3.87. The second-order valence-electron chi connectivity index (χ2n) is 2.93. The monoisotopic (exact) mass is 192 g/mol. The van der Waals surface area contributed by atoms with E-state index in [4.69, 9.17) is 9.84 Å². The molecule has 1 saturated heterocycles. The molecule has 0 saturated carbocycles. The minimum absolute atomic E-state index is 0.322. The van der Waals surface area contributed by atoms with Crippen molar-refractivity contribution in [1.82, 2.24) is 0 Å². The van der Waals surface area contributed by atoms with Crippen LogP contribution in [0.15, 0.2) is 0 Å². The first kappa shape index (κ1) is 10.6. The second kappa shape index (κ2) is 4.12. The van der Waals surface area contributed by atoms with E-state index in [0.717, 1.165) is 0 Å². The van der Waals surface area contributed by atoms with Crippen molar-refractivity contribution in [2.24, 2.45) is 0 Å². The zero-order valence-electron chi connectivity index (χ0n) is 6.78. The lowest BCUT2D eigenvalue weighted by molar-refractivity contribution is -0.221. The SMILES string of the molecule is O=C[C@H]1OC(CO)[C@H](O)C(O)C1O. The number of aldehydes is 1. The largest absolute Gasteiger partial charge is 0.394 e. The summed E-state index contributed by atoms with van der Waals surface area (Å²) in [4.78, 5) is 10.3. The molecule has 1 heterocycles. The Morgan fingerprint density at radius 2 is 1.77 bits per heavy atom. The molecule has 0 aromatic carbocycles. The Kier molecular flexibility index (Phi) is 3.34. The van der Waals surface area contributed by atoms with Crippen LogP contribution in [0, 0.1) is 0 Å². The van der Waals surface area contributed by atoms with Crippen molar-refractivity contribution < 1.29 is 30.0 Å². The highest BCUT2D eigenvalue weighted by atomic mass is 16.5. The standard InChI is InChI=1S/C7H12O6/c8-1-3-5(10)7(12)6(11)4(2-9)13-3/h1,3-7,9-12H,2H2/t3-,4?,5?,6+,7?/m1/s1. The Labute approximate surface area is 74.4 Å². The summed E-state index contributed by atoms with van der Waals surface area (Å²) in [6.07, 6.45) is -6.21. The summed E-state index contributed by atoms with van der Waals surface area (Å²) in [5.74, 6) is 0. The van der Waals surface area contributed by atoms with E-state index < -0.39 is 37.1 Å². The number of carbonyl (C=O) groups is 1. The van der Waals surface area contributed by atoms with E-state index in [0.29, 0.717) is 6.29 Å². The molecule has 4 N–H and O–H groups in total. The average molecular weight is 192 g/mol. The Morgan fingerprint density at radius 1 is 1.15 bits per heavy atom. The lowest BCUT2D eigenvalue weighted by Gasteiger charge is -2.37. The van der Waals surface area contributed by atoms with Gasteiger partial charge < -0.3 is 30.0 Å². The van der Waals surface area contributed by atoms with Crippen LogP contribution >= 0.6 is 0 Å². The van der Waals surface area contributed by atoms with Crippen LogP contribution in [-0.4, -0.2) is 63.8 Å². The van der Waals surface area contributed by atoms with Gasteiger partial charge in [0.05, 0.1) is 6.61 Å². The minimum Gasteiger partial charge on any atom is -0.394 e. The Bertz CT molecular complexity index is 182. The second-order valence-corrected chi connectivity index (χ2v) is 2.93. The number of hydrogen-bond acceptors (Lipinski definition) is 6. The number of aliphatic hydroxyl groups excluding tert-OH is 4. The molecular formula is C7H12O6. The third kappa shape index (κ3) is 1.87. The normalized spacial score (nSPS) is 46.0. The molecule has 0 radical (unpaired) electrons. The number of rotatable bonds is 2. The van der Waals surface area contributed by atoms with Gasteiger partial charge in [-0.15, -0.1) is 0 Å². The van der Waals surface area contributed by atoms with Crippen molar-refractivity contribution in [3.8, 4) is 0 Å². The zero-order valence-corrected chi connectivity index (χ0v) is 6.78. The van der Waals surface area contributed by atoms with Gasteiger partial charge in [0.2, 0.25) is 0 Å². The smallest absolute Gasteiger partial charge is 0.151 e. The van der Waals surface area contributed by atoms with Crippen LogP contribution in [0.2, 0.25) is 0 Å². The van der Waals surface area contributed by atoms with E-state index in [1.54, 1.807) is 0 Å². The van der Waals surface area contributed by atoms with Crippen LogP contribution in [0.25, 0.3) is 0 Å². The molecule has 76 valence electrons. The fourth-order valence-electron chi connectivity index (χ4n) is 1.24. The molecule has 1 fully saturated rings. The molecule has 0 aromatic rings. The first-order valence-corrected chi connectivity index (χ1v) is 3.87. The van der Waals surface area contributed by atoms with Crippen molar-refractivity contribution in [3.63, 3.8) is 0 Å². The number of hydrogen-bond donors (Lipinski definition) is 4. The van der Waals surface area contributed by atoms with Gasteiger partial charge in [-0.05, 0) is 0 Å². The van der Waals surface area contributed by atoms with Crippen molar-refractivity contribution in [2.45, 2.75) is 30.5 Å². The summed E-state index contributed by atoms with van der Waals surface area (Å²) >= 11 is 0. The molecule has 3 unspecified atom stereocenters. The quantitative estimate of drug-likeness (QED) is 0.348. The van der Waals surface area contributed by atoms with Crippen molar-refractivity contribution in [3.05, 3.63) is 0 Å². The predicted octanol–water partition coefficient (Wildman–Crippen LogP) is -2.97. The van der Waals surface area contributed by atoms with Crippen molar-refractivity contribution in [1.29, 1.82) is 0 Å². The molecule has 13 heavy (non-hydrogen) atoms.